The topological polar surface area (TPSA) is 92.3 Å². The summed E-state index contributed by atoms with van der Waals surface area (Å²) in [6.45, 7) is 1.95. The van der Waals surface area contributed by atoms with Crippen LogP contribution in [0.3, 0.4) is 0 Å². The van der Waals surface area contributed by atoms with Crippen molar-refractivity contribution in [2.75, 3.05) is 5.32 Å². The van der Waals surface area contributed by atoms with Crippen molar-refractivity contribution < 1.29 is 0 Å². The molecule has 2 heterocycles. The number of rotatable bonds is 3. The van der Waals surface area contributed by atoms with Crippen LogP contribution >= 0.6 is 0 Å². The van der Waals surface area contributed by atoms with Crippen LogP contribution in [0.15, 0.2) is 18.7 Å². The van der Waals surface area contributed by atoms with Gasteiger partial charge in [0.2, 0.25) is 0 Å². The molecule has 1 atom stereocenters. The smallest absolute Gasteiger partial charge is 0.158 e. The van der Waals surface area contributed by atoms with Crippen molar-refractivity contribution in [2.45, 2.75) is 13.0 Å². The SMILES string of the molecule is CC(Nc1cnc(C#N)cn1)c1nncn1C. The number of nitrogens with one attached hydrogen (secondary N) is 1. The fourth-order valence-electron chi connectivity index (χ4n) is 1.43. The lowest BCUT2D eigenvalue weighted by atomic mass is 10.3. The van der Waals surface area contributed by atoms with Crippen LogP contribution in [0.1, 0.15) is 24.5 Å². The first-order valence-electron chi connectivity index (χ1n) is 5.03. The predicted octanol–water partition coefficient (Wildman–Crippen LogP) is 0.650. The van der Waals surface area contributed by atoms with Crippen molar-refractivity contribution in [1.82, 2.24) is 24.7 Å². The summed E-state index contributed by atoms with van der Waals surface area (Å²) in [5.74, 6) is 1.40. The van der Waals surface area contributed by atoms with Crippen LogP contribution in [0.25, 0.3) is 0 Å². The van der Waals surface area contributed by atoms with Crippen molar-refractivity contribution in [3.63, 3.8) is 0 Å². The van der Waals surface area contributed by atoms with Crippen LogP contribution in [0.2, 0.25) is 0 Å². The molecule has 0 radical (unpaired) electrons. The maximum atomic E-state index is 8.60. The van der Waals surface area contributed by atoms with Gasteiger partial charge in [-0.2, -0.15) is 5.26 Å². The molecule has 17 heavy (non-hydrogen) atoms. The Kier molecular flexibility index (Phi) is 2.96. The van der Waals surface area contributed by atoms with Gasteiger partial charge in [-0.15, -0.1) is 10.2 Å². The third-order valence-electron chi connectivity index (χ3n) is 2.26. The van der Waals surface area contributed by atoms with Gasteiger partial charge in [-0.3, -0.25) is 0 Å². The van der Waals surface area contributed by atoms with Gasteiger partial charge in [0.1, 0.15) is 18.2 Å². The highest BCUT2D eigenvalue weighted by molar-refractivity contribution is 5.35. The highest BCUT2D eigenvalue weighted by Crippen LogP contribution is 2.13. The highest BCUT2D eigenvalue weighted by Gasteiger charge is 2.11. The molecule has 2 aromatic heterocycles. The molecule has 0 spiro atoms. The Bertz CT molecular complexity index is 537. The number of hydrogen-bond donors (Lipinski definition) is 1. The fraction of sp³-hybridized carbons (Fsp3) is 0.300. The second-order valence-electron chi connectivity index (χ2n) is 3.56. The first kappa shape index (κ1) is 11.0. The second-order valence-corrected chi connectivity index (χ2v) is 3.56. The molecule has 0 bridgehead atoms. The molecule has 0 aromatic carbocycles. The van der Waals surface area contributed by atoms with E-state index in [4.69, 9.17) is 5.26 Å². The number of nitrogens with zero attached hydrogens (tertiary/aromatic N) is 6. The van der Waals surface area contributed by atoms with Gasteiger partial charge in [0.25, 0.3) is 0 Å². The van der Waals surface area contributed by atoms with Crippen molar-refractivity contribution in [2.24, 2.45) is 7.05 Å². The Morgan fingerprint density at radius 3 is 2.76 bits per heavy atom. The average molecular weight is 229 g/mol. The molecule has 0 saturated heterocycles. The Balaban J connectivity index is 2.11. The molecule has 1 unspecified atom stereocenters. The van der Waals surface area contributed by atoms with E-state index < -0.39 is 0 Å². The van der Waals surface area contributed by atoms with Crippen LogP contribution in [0, 0.1) is 11.3 Å². The lowest BCUT2D eigenvalue weighted by Gasteiger charge is -2.12. The van der Waals surface area contributed by atoms with E-state index in [-0.39, 0.29) is 6.04 Å². The Hall–Kier alpha value is -2.49. The summed E-state index contributed by atoms with van der Waals surface area (Å²) in [5, 5.41) is 19.5. The van der Waals surface area contributed by atoms with Gasteiger partial charge in [-0.1, -0.05) is 0 Å². The van der Waals surface area contributed by atoms with E-state index in [1.807, 2.05) is 24.6 Å². The molecular formula is C10H11N7. The summed E-state index contributed by atoms with van der Waals surface area (Å²) in [6.07, 6.45) is 4.58. The number of aryl methyl sites for hydroxylation is 1. The fourth-order valence-corrected chi connectivity index (χ4v) is 1.43. The minimum atomic E-state index is -0.0373. The summed E-state index contributed by atoms with van der Waals surface area (Å²) in [6, 6.07) is 1.88. The maximum absolute atomic E-state index is 8.60. The van der Waals surface area contributed by atoms with Crippen LogP contribution < -0.4 is 5.32 Å². The van der Waals surface area contributed by atoms with Crippen molar-refractivity contribution in [3.8, 4) is 6.07 Å². The molecule has 0 fully saturated rings. The first-order chi connectivity index (χ1) is 8.20. The zero-order valence-corrected chi connectivity index (χ0v) is 9.49. The molecule has 1 N–H and O–H groups in total. The zero-order chi connectivity index (χ0) is 12.3. The quantitative estimate of drug-likeness (QED) is 0.830. The number of aromatic nitrogens is 5. The van der Waals surface area contributed by atoms with Crippen molar-refractivity contribution >= 4 is 5.82 Å². The van der Waals surface area contributed by atoms with Gasteiger partial charge in [-0.05, 0) is 6.92 Å². The molecule has 7 nitrogen and oxygen atoms in total. The van der Waals surface area contributed by atoms with Crippen LogP contribution in [0.5, 0.6) is 0 Å². The van der Waals surface area contributed by atoms with E-state index in [2.05, 4.69) is 25.5 Å². The zero-order valence-electron chi connectivity index (χ0n) is 9.49. The molecule has 0 aliphatic rings. The molecule has 0 aliphatic heterocycles. The Morgan fingerprint density at radius 1 is 1.41 bits per heavy atom. The van der Waals surface area contributed by atoms with Gasteiger partial charge < -0.3 is 9.88 Å². The Labute approximate surface area is 98.2 Å². The third-order valence-corrected chi connectivity index (χ3v) is 2.26. The van der Waals surface area contributed by atoms with Crippen LogP contribution in [-0.2, 0) is 7.05 Å². The average Bonchev–Trinajstić information content (AvgIpc) is 2.76. The van der Waals surface area contributed by atoms with Gasteiger partial charge >= 0.3 is 0 Å². The minimum absolute atomic E-state index is 0.0373. The lowest BCUT2D eigenvalue weighted by molar-refractivity contribution is 0.716. The summed E-state index contributed by atoms with van der Waals surface area (Å²) in [4.78, 5) is 8.00. The van der Waals surface area contributed by atoms with Crippen molar-refractivity contribution in [1.29, 1.82) is 5.26 Å². The van der Waals surface area contributed by atoms with E-state index in [0.717, 1.165) is 5.82 Å². The Morgan fingerprint density at radius 2 is 2.24 bits per heavy atom. The van der Waals surface area contributed by atoms with Crippen LogP contribution in [0.4, 0.5) is 5.82 Å². The largest absolute Gasteiger partial charge is 0.359 e. The summed E-state index contributed by atoms with van der Waals surface area (Å²) in [7, 11) is 1.87. The summed E-state index contributed by atoms with van der Waals surface area (Å²) in [5.41, 5.74) is 0.293. The molecule has 0 aliphatic carbocycles. The molecule has 2 aromatic rings. The predicted molar refractivity (Wildman–Crippen MR) is 59.8 cm³/mol. The second kappa shape index (κ2) is 4.57. The van der Waals surface area contributed by atoms with Gasteiger partial charge in [0.15, 0.2) is 11.5 Å². The number of anilines is 1. The van der Waals surface area contributed by atoms with Gasteiger partial charge in [0, 0.05) is 7.05 Å². The number of hydrogen-bond acceptors (Lipinski definition) is 6. The molecule has 7 heteroatoms. The molecule has 0 amide bonds. The monoisotopic (exact) mass is 229 g/mol. The minimum Gasteiger partial charge on any atom is -0.359 e. The third kappa shape index (κ3) is 2.36. The standard InChI is InChI=1S/C10H11N7/c1-7(10-16-14-6-17(10)2)15-9-5-12-8(3-11)4-13-9/h4-7H,1-2H3,(H,13,15). The first-order valence-corrected chi connectivity index (χ1v) is 5.03. The van der Waals surface area contributed by atoms with E-state index >= 15 is 0 Å². The van der Waals surface area contributed by atoms with Crippen LogP contribution in [-0.4, -0.2) is 24.7 Å². The highest BCUT2D eigenvalue weighted by atomic mass is 15.3. The molecule has 86 valence electrons. The maximum Gasteiger partial charge on any atom is 0.158 e. The van der Waals surface area contributed by atoms with Gasteiger partial charge in [0.05, 0.1) is 18.4 Å². The van der Waals surface area contributed by atoms with Crippen molar-refractivity contribution in [3.05, 3.63) is 30.2 Å². The molecular weight excluding hydrogens is 218 g/mol. The molecule has 2 rings (SSSR count). The van der Waals surface area contributed by atoms with E-state index in [0.29, 0.717) is 11.5 Å². The summed E-state index contributed by atoms with van der Waals surface area (Å²) >= 11 is 0. The van der Waals surface area contributed by atoms with E-state index in [9.17, 15) is 0 Å². The molecule has 0 saturated carbocycles. The van der Waals surface area contributed by atoms with E-state index in [1.165, 1.54) is 12.4 Å². The van der Waals surface area contributed by atoms with E-state index in [1.54, 1.807) is 6.33 Å². The normalized spacial score (nSPS) is 11.8. The number of nitriles is 1. The van der Waals surface area contributed by atoms with Gasteiger partial charge in [-0.25, -0.2) is 9.97 Å². The summed E-state index contributed by atoms with van der Waals surface area (Å²) < 4.78 is 1.83. The lowest BCUT2D eigenvalue weighted by Crippen LogP contribution is -2.13.